The van der Waals surface area contributed by atoms with Gasteiger partial charge in [0.1, 0.15) is 0 Å². The minimum Gasteiger partial charge on any atom is -0.395 e. The Labute approximate surface area is 133 Å². The summed E-state index contributed by atoms with van der Waals surface area (Å²) in [5.41, 5.74) is 0.390. The lowest BCUT2D eigenvalue weighted by molar-refractivity contribution is -0.118. The van der Waals surface area contributed by atoms with Gasteiger partial charge in [0.2, 0.25) is 11.7 Å². The summed E-state index contributed by atoms with van der Waals surface area (Å²) >= 11 is 0.950. The van der Waals surface area contributed by atoms with Gasteiger partial charge in [0.25, 0.3) is 0 Å². The van der Waals surface area contributed by atoms with Gasteiger partial charge in [0, 0.05) is 36.1 Å². The molecule has 22 heavy (non-hydrogen) atoms. The van der Waals surface area contributed by atoms with Crippen LogP contribution in [-0.4, -0.2) is 35.5 Å². The minimum atomic E-state index is -0.531. The Balaban J connectivity index is 2.35. The van der Waals surface area contributed by atoms with E-state index in [0.29, 0.717) is 22.5 Å². The molecule has 1 aliphatic rings. The molecule has 2 N–H and O–H groups in total. The first-order valence-corrected chi connectivity index (χ1v) is 7.76. The third kappa shape index (κ3) is 3.97. The lowest BCUT2D eigenvalue weighted by atomic mass is 9.95. The summed E-state index contributed by atoms with van der Waals surface area (Å²) in [6.45, 7) is 3.74. The Morgan fingerprint density at radius 3 is 2.64 bits per heavy atom. The molecule has 6 heteroatoms. The van der Waals surface area contributed by atoms with Gasteiger partial charge >= 0.3 is 0 Å². The largest absolute Gasteiger partial charge is 0.395 e. The van der Waals surface area contributed by atoms with E-state index in [4.69, 9.17) is 9.29 Å². The first-order chi connectivity index (χ1) is 10.4. The quantitative estimate of drug-likeness (QED) is 0.641. The van der Waals surface area contributed by atoms with Crippen molar-refractivity contribution in [1.29, 1.82) is 0 Å². The molecule has 1 aliphatic heterocycles. The monoisotopic (exact) mass is 321 g/mol. The Bertz CT molecular complexity index is 595. The van der Waals surface area contributed by atoms with Gasteiger partial charge in [0.15, 0.2) is 0 Å². The van der Waals surface area contributed by atoms with Crippen LogP contribution in [0.4, 0.5) is 0 Å². The molecule has 0 fully saturated rings. The third-order valence-corrected chi connectivity index (χ3v) is 4.27. The van der Waals surface area contributed by atoms with Gasteiger partial charge < -0.3 is 14.6 Å². The maximum Gasteiger partial charge on any atom is 0.248 e. The third-order valence-electron chi connectivity index (χ3n) is 3.14. The van der Waals surface area contributed by atoms with E-state index in [-0.39, 0.29) is 24.8 Å². The van der Waals surface area contributed by atoms with Crippen molar-refractivity contribution in [1.82, 2.24) is 5.32 Å². The molecule has 0 bridgehead atoms. The second-order valence-electron chi connectivity index (χ2n) is 5.59. The molecular formula is C16H19NO4S. The standard InChI is InChI=1S/C16H19NO4S/c1-16(2)10-12(15(20)17-8-9-18)14(22-21-16)13(19)11-6-4-3-5-7-11/h3-7,18H,8-10H2,1-2H3,(H,17,20). The SMILES string of the molecule is CC1(C)CC(C(=O)NCCO)=C(C(=O)c2ccccc2)SO1. The van der Waals surface area contributed by atoms with Crippen molar-refractivity contribution >= 4 is 23.7 Å². The molecule has 0 saturated carbocycles. The van der Waals surface area contributed by atoms with Gasteiger partial charge in [-0.15, -0.1) is 0 Å². The number of carbonyl (C=O) groups is 2. The molecule has 2 rings (SSSR count). The molecule has 0 atom stereocenters. The Morgan fingerprint density at radius 2 is 2.00 bits per heavy atom. The molecule has 1 aromatic carbocycles. The molecule has 0 saturated heterocycles. The highest BCUT2D eigenvalue weighted by atomic mass is 32.2. The van der Waals surface area contributed by atoms with Crippen molar-refractivity contribution in [2.24, 2.45) is 0 Å². The van der Waals surface area contributed by atoms with E-state index in [1.165, 1.54) is 0 Å². The zero-order chi connectivity index (χ0) is 16.2. The lowest BCUT2D eigenvalue weighted by Crippen LogP contribution is -2.35. The number of aliphatic hydroxyl groups is 1. The highest BCUT2D eigenvalue weighted by Gasteiger charge is 2.35. The Morgan fingerprint density at radius 1 is 1.32 bits per heavy atom. The first-order valence-electron chi connectivity index (χ1n) is 7.02. The zero-order valence-corrected chi connectivity index (χ0v) is 13.4. The van der Waals surface area contributed by atoms with E-state index in [0.717, 1.165) is 12.0 Å². The van der Waals surface area contributed by atoms with Crippen LogP contribution in [-0.2, 0) is 8.98 Å². The number of hydrogen-bond acceptors (Lipinski definition) is 5. The molecule has 0 spiro atoms. The Kier molecular flexibility index (Phi) is 5.39. The fraction of sp³-hybridized carbons (Fsp3) is 0.375. The number of ketones is 1. The van der Waals surface area contributed by atoms with Crippen molar-refractivity contribution < 1.29 is 18.9 Å². The second-order valence-corrected chi connectivity index (χ2v) is 6.33. The number of amides is 1. The van der Waals surface area contributed by atoms with Crippen molar-refractivity contribution in [2.45, 2.75) is 25.9 Å². The molecule has 0 aromatic heterocycles. The summed E-state index contributed by atoms with van der Waals surface area (Å²) in [5.74, 6) is -0.563. The molecule has 1 amide bonds. The fourth-order valence-corrected chi connectivity index (χ4v) is 2.92. The van der Waals surface area contributed by atoms with Gasteiger partial charge in [-0.1, -0.05) is 30.3 Å². The molecule has 5 nitrogen and oxygen atoms in total. The van der Waals surface area contributed by atoms with Crippen LogP contribution in [0.1, 0.15) is 30.6 Å². The first kappa shape index (κ1) is 16.7. The van der Waals surface area contributed by atoms with E-state index in [1.54, 1.807) is 24.3 Å². The molecule has 1 aromatic rings. The van der Waals surface area contributed by atoms with Crippen LogP contribution in [0.15, 0.2) is 40.8 Å². The molecule has 0 radical (unpaired) electrons. The van der Waals surface area contributed by atoms with Gasteiger partial charge in [-0.3, -0.25) is 9.59 Å². The number of rotatable bonds is 5. The second kappa shape index (κ2) is 7.09. The summed E-state index contributed by atoms with van der Waals surface area (Å²) in [6, 6.07) is 8.79. The highest BCUT2D eigenvalue weighted by molar-refractivity contribution is 7.99. The fourth-order valence-electron chi connectivity index (χ4n) is 2.10. The zero-order valence-electron chi connectivity index (χ0n) is 12.6. The number of nitrogens with one attached hydrogen (secondary N) is 1. The van der Waals surface area contributed by atoms with E-state index in [1.807, 2.05) is 19.9 Å². The van der Waals surface area contributed by atoms with E-state index in [9.17, 15) is 9.59 Å². The topological polar surface area (TPSA) is 75.6 Å². The van der Waals surface area contributed by atoms with Crippen LogP contribution < -0.4 is 5.32 Å². The van der Waals surface area contributed by atoms with E-state index >= 15 is 0 Å². The minimum absolute atomic E-state index is 0.145. The maximum absolute atomic E-state index is 12.6. The van der Waals surface area contributed by atoms with Crippen LogP contribution in [0.2, 0.25) is 0 Å². The van der Waals surface area contributed by atoms with Gasteiger partial charge in [-0.2, -0.15) is 0 Å². The number of carbonyl (C=O) groups excluding carboxylic acids is 2. The van der Waals surface area contributed by atoms with Gasteiger partial charge in [-0.05, 0) is 13.8 Å². The highest BCUT2D eigenvalue weighted by Crippen LogP contribution is 2.39. The molecule has 0 unspecified atom stereocenters. The predicted octanol–water partition coefficient (Wildman–Crippen LogP) is 2.08. The number of hydrogen-bond donors (Lipinski definition) is 2. The van der Waals surface area contributed by atoms with Gasteiger partial charge in [-0.25, -0.2) is 0 Å². The number of Topliss-reactive ketones (excluding diaryl/α,β-unsaturated/α-hetero) is 1. The van der Waals surface area contributed by atoms with Gasteiger partial charge in [0.05, 0.1) is 17.1 Å². The van der Waals surface area contributed by atoms with Crippen LogP contribution in [0.3, 0.4) is 0 Å². The normalized spacial score (nSPS) is 17.2. The van der Waals surface area contributed by atoms with Crippen LogP contribution >= 0.6 is 12.0 Å². The predicted molar refractivity (Wildman–Crippen MR) is 85.3 cm³/mol. The molecule has 1 heterocycles. The summed E-state index contributed by atoms with van der Waals surface area (Å²) in [6.07, 6.45) is 0.338. The summed E-state index contributed by atoms with van der Waals surface area (Å²) in [5, 5.41) is 11.4. The number of benzene rings is 1. The maximum atomic E-state index is 12.6. The molecule has 118 valence electrons. The average molecular weight is 321 g/mol. The van der Waals surface area contributed by atoms with Crippen LogP contribution in [0.25, 0.3) is 0 Å². The summed E-state index contributed by atoms with van der Waals surface area (Å²) in [4.78, 5) is 25.2. The lowest BCUT2D eigenvalue weighted by Gasteiger charge is -2.31. The smallest absolute Gasteiger partial charge is 0.248 e. The van der Waals surface area contributed by atoms with Crippen LogP contribution in [0.5, 0.6) is 0 Å². The Hall–Kier alpha value is -1.63. The van der Waals surface area contributed by atoms with Crippen LogP contribution in [0, 0.1) is 0 Å². The number of aliphatic hydroxyl groups excluding tert-OH is 1. The van der Waals surface area contributed by atoms with Crippen molar-refractivity contribution in [3.63, 3.8) is 0 Å². The van der Waals surface area contributed by atoms with Crippen molar-refractivity contribution in [2.75, 3.05) is 13.2 Å². The molecular weight excluding hydrogens is 302 g/mol. The average Bonchev–Trinajstić information content (AvgIpc) is 2.52. The van der Waals surface area contributed by atoms with E-state index < -0.39 is 5.60 Å². The molecule has 0 aliphatic carbocycles. The van der Waals surface area contributed by atoms with E-state index in [2.05, 4.69) is 5.32 Å². The number of allylic oxidation sites excluding steroid dienone is 1. The summed E-state index contributed by atoms with van der Waals surface area (Å²) < 4.78 is 5.61. The van der Waals surface area contributed by atoms with Crippen molar-refractivity contribution in [3.8, 4) is 0 Å². The van der Waals surface area contributed by atoms with Crippen molar-refractivity contribution in [3.05, 3.63) is 46.4 Å². The summed E-state index contributed by atoms with van der Waals surface area (Å²) in [7, 11) is 0.